The largest absolute Gasteiger partial charge is 0.388 e. The fourth-order valence-corrected chi connectivity index (χ4v) is 3.17. The molecule has 0 radical (unpaired) electrons. The lowest BCUT2D eigenvalue weighted by atomic mass is 9.71. The summed E-state index contributed by atoms with van der Waals surface area (Å²) in [5.41, 5.74) is 0.264. The van der Waals surface area contributed by atoms with E-state index in [1.165, 1.54) is 24.5 Å². The first-order valence-electron chi connectivity index (χ1n) is 8.02. The molecule has 1 N–H and O–H groups in total. The highest BCUT2D eigenvalue weighted by molar-refractivity contribution is 5.96. The van der Waals surface area contributed by atoms with Crippen LogP contribution in [0.5, 0.6) is 0 Å². The Bertz CT molecular complexity index is 739. The number of rotatable bonds is 5. The van der Waals surface area contributed by atoms with E-state index in [-0.39, 0.29) is 5.56 Å². The number of aliphatic hydroxyl groups is 1. The van der Waals surface area contributed by atoms with E-state index in [0.29, 0.717) is 43.9 Å². The molecule has 5 nitrogen and oxygen atoms in total. The third-order valence-corrected chi connectivity index (χ3v) is 4.59. The predicted octanol–water partition coefficient (Wildman–Crippen LogP) is 2.22. The maximum atomic E-state index is 13.7. The van der Waals surface area contributed by atoms with Crippen molar-refractivity contribution in [3.05, 3.63) is 59.2 Å². The molecule has 1 fully saturated rings. The average Bonchev–Trinajstić information content (AvgIpc) is 2.62. The minimum absolute atomic E-state index is 0.226. The van der Waals surface area contributed by atoms with Crippen molar-refractivity contribution in [2.24, 2.45) is 0 Å². The van der Waals surface area contributed by atoms with Gasteiger partial charge in [-0.15, -0.1) is 0 Å². The second-order valence-corrected chi connectivity index (χ2v) is 6.20. The van der Waals surface area contributed by atoms with Gasteiger partial charge in [0.2, 0.25) is 0 Å². The number of halogens is 2. The molecule has 0 aliphatic carbocycles. The van der Waals surface area contributed by atoms with Gasteiger partial charge in [0.15, 0.2) is 5.78 Å². The van der Waals surface area contributed by atoms with E-state index in [0.717, 1.165) is 6.07 Å². The van der Waals surface area contributed by atoms with Crippen molar-refractivity contribution in [3.63, 3.8) is 0 Å². The molecule has 0 atom stereocenters. The van der Waals surface area contributed by atoms with Crippen LogP contribution in [0.3, 0.4) is 0 Å². The molecule has 0 saturated carbocycles. The van der Waals surface area contributed by atoms with Gasteiger partial charge in [0.1, 0.15) is 24.1 Å². The van der Waals surface area contributed by atoms with Crippen molar-refractivity contribution >= 4 is 5.78 Å². The zero-order valence-corrected chi connectivity index (χ0v) is 13.5. The first-order chi connectivity index (χ1) is 12.0. The van der Waals surface area contributed by atoms with Crippen LogP contribution >= 0.6 is 0 Å². The number of Topliss-reactive ketones (excluding diaryl/α,β-unsaturated/α-hetero) is 1. The molecule has 0 bridgehead atoms. The van der Waals surface area contributed by atoms with Crippen molar-refractivity contribution in [2.45, 2.75) is 24.7 Å². The van der Waals surface area contributed by atoms with Gasteiger partial charge in [-0.1, -0.05) is 0 Å². The molecule has 0 amide bonds. The highest BCUT2D eigenvalue weighted by Gasteiger charge is 2.36. The van der Waals surface area contributed by atoms with Crippen LogP contribution in [0.25, 0.3) is 0 Å². The second kappa shape index (κ2) is 7.33. The van der Waals surface area contributed by atoms with Gasteiger partial charge in [0, 0.05) is 43.5 Å². The number of aromatic nitrogens is 2. The third-order valence-electron chi connectivity index (χ3n) is 4.59. The van der Waals surface area contributed by atoms with Crippen molar-refractivity contribution in [2.75, 3.05) is 19.8 Å². The fourth-order valence-electron chi connectivity index (χ4n) is 3.17. The monoisotopic (exact) mass is 348 g/mol. The van der Waals surface area contributed by atoms with Gasteiger partial charge in [-0.2, -0.15) is 0 Å². The first kappa shape index (κ1) is 17.6. The maximum Gasteiger partial charge on any atom is 0.191 e. The minimum atomic E-state index is -0.620. The zero-order chi connectivity index (χ0) is 17.9. The normalized spacial score (nSPS) is 16.6. The summed E-state index contributed by atoms with van der Waals surface area (Å²) in [6.07, 6.45) is 4.29. The van der Waals surface area contributed by atoms with E-state index in [9.17, 15) is 13.6 Å². The highest BCUT2D eigenvalue weighted by atomic mass is 19.1. The summed E-state index contributed by atoms with van der Waals surface area (Å²) < 4.78 is 32.8. The maximum absolute atomic E-state index is 13.7. The zero-order valence-electron chi connectivity index (χ0n) is 13.5. The molecule has 2 aromatic rings. The Morgan fingerprint density at radius 2 is 1.72 bits per heavy atom. The lowest BCUT2D eigenvalue weighted by Crippen LogP contribution is -2.36. The number of nitrogens with zero attached hydrogens (tertiary/aromatic N) is 2. The Morgan fingerprint density at radius 3 is 2.28 bits per heavy atom. The molecule has 2 heterocycles. The van der Waals surface area contributed by atoms with Crippen LogP contribution < -0.4 is 0 Å². The van der Waals surface area contributed by atoms with Gasteiger partial charge in [-0.3, -0.25) is 4.79 Å². The van der Waals surface area contributed by atoms with Gasteiger partial charge in [-0.05, 0) is 30.5 Å². The van der Waals surface area contributed by atoms with Gasteiger partial charge < -0.3 is 9.84 Å². The van der Waals surface area contributed by atoms with E-state index in [1.54, 1.807) is 0 Å². The summed E-state index contributed by atoms with van der Waals surface area (Å²) in [6.45, 7) is 0.366. The molecule has 25 heavy (non-hydrogen) atoms. The van der Waals surface area contributed by atoms with Crippen molar-refractivity contribution in [1.82, 2.24) is 9.97 Å². The molecule has 132 valence electrons. The highest BCUT2D eigenvalue weighted by Crippen LogP contribution is 2.38. The van der Waals surface area contributed by atoms with Gasteiger partial charge in [-0.25, -0.2) is 18.7 Å². The minimum Gasteiger partial charge on any atom is -0.388 e. The molecular formula is C18H18F2N2O3. The molecule has 1 aromatic carbocycles. The lowest BCUT2D eigenvalue weighted by molar-refractivity contribution is 0.0491. The SMILES string of the molecule is O=C(CO)c1cnc(CC2(c3cc(F)cc(F)c3)CCOCC2)nc1. The number of ether oxygens (including phenoxy) is 1. The summed E-state index contributed by atoms with van der Waals surface area (Å²) >= 11 is 0. The second-order valence-electron chi connectivity index (χ2n) is 6.20. The molecule has 3 rings (SSSR count). The predicted molar refractivity (Wildman–Crippen MR) is 85.2 cm³/mol. The topological polar surface area (TPSA) is 72.3 Å². The average molecular weight is 348 g/mol. The summed E-state index contributed by atoms with van der Waals surface area (Å²) in [4.78, 5) is 19.8. The number of carbonyl (C=O) groups is 1. The number of benzene rings is 1. The van der Waals surface area contributed by atoms with E-state index < -0.39 is 29.4 Å². The van der Waals surface area contributed by atoms with Crippen LogP contribution in [0.4, 0.5) is 8.78 Å². The number of aliphatic hydroxyl groups excluding tert-OH is 1. The Balaban J connectivity index is 1.92. The molecule has 0 unspecified atom stereocenters. The quantitative estimate of drug-likeness (QED) is 0.839. The van der Waals surface area contributed by atoms with E-state index in [4.69, 9.17) is 9.84 Å². The van der Waals surface area contributed by atoms with Gasteiger partial charge >= 0.3 is 0 Å². The Hall–Kier alpha value is -2.25. The summed E-state index contributed by atoms with van der Waals surface area (Å²) in [5, 5.41) is 8.87. The van der Waals surface area contributed by atoms with Gasteiger partial charge in [0.05, 0.1) is 5.56 Å². The molecule has 0 spiro atoms. The summed E-state index contributed by atoms with van der Waals surface area (Å²) in [5.74, 6) is -1.23. The fraction of sp³-hybridized carbons (Fsp3) is 0.389. The Morgan fingerprint density at radius 1 is 1.12 bits per heavy atom. The first-order valence-corrected chi connectivity index (χ1v) is 8.02. The summed E-state index contributed by atoms with van der Waals surface area (Å²) in [7, 11) is 0. The Labute approximate surface area is 143 Å². The molecule has 1 aliphatic heterocycles. The van der Waals surface area contributed by atoms with E-state index in [2.05, 4.69) is 9.97 Å². The van der Waals surface area contributed by atoms with Crippen molar-refractivity contribution in [3.8, 4) is 0 Å². The number of ketones is 1. The summed E-state index contributed by atoms with van der Waals surface area (Å²) in [6, 6.07) is 3.54. The van der Waals surface area contributed by atoms with Crippen LogP contribution in [0.15, 0.2) is 30.6 Å². The van der Waals surface area contributed by atoms with Crippen LogP contribution in [-0.4, -0.2) is 40.7 Å². The van der Waals surface area contributed by atoms with Crippen LogP contribution in [0.1, 0.15) is 34.6 Å². The van der Waals surface area contributed by atoms with Crippen LogP contribution in [-0.2, 0) is 16.6 Å². The van der Waals surface area contributed by atoms with Crippen LogP contribution in [0, 0.1) is 11.6 Å². The third kappa shape index (κ3) is 3.88. The number of carbonyl (C=O) groups excluding carboxylic acids is 1. The van der Waals surface area contributed by atoms with E-state index in [1.807, 2.05) is 0 Å². The van der Waals surface area contributed by atoms with Crippen molar-refractivity contribution in [1.29, 1.82) is 0 Å². The standard InChI is InChI=1S/C18H18F2N2O3/c19-14-5-13(6-15(20)7-14)18(1-3-25-4-2-18)8-17-21-9-12(10-22-17)16(24)11-23/h5-7,9-10,23H,1-4,8,11H2. The molecular weight excluding hydrogens is 330 g/mol. The molecule has 1 aliphatic rings. The number of hydrogen-bond donors (Lipinski definition) is 1. The lowest BCUT2D eigenvalue weighted by Gasteiger charge is -2.37. The van der Waals surface area contributed by atoms with E-state index >= 15 is 0 Å². The van der Waals surface area contributed by atoms with Crippen molar-refractivity contribution < 1.29 is 23.4 Å². The molecule has 7 heteroatoms. The number of hydrogen-bond acceptors (Lipinski definition) is 5. The molecule has 1 aromatic heterocycles. The molecule has 1 saturated heterocycles. The Kier molecular flexibility index (Phi) is 5.15. The van der Waals surface area contributed by atoms with Crippen LogP contribution in [0.2, 0.25) is 0 Å². The smallest absolute Gasteiger partial charge is 0.191 e. The van der Waals surface area contributed by atoms with Gasteiger partial charge in [0.25, 0.3) is 0 Å².